The Morgan fingerprint density at radius 3 is 2.38 bits per heavy atom. The standard InChI is InChI=1S/C23H27FN2O3/c1-4-25(5-2)23(28)20-18-8-6-7-9-19(18)22(27)26(14-15-29-3)21(20)16-10-12-17(24)13-11-16/h6-13,20-21H,4-5,14-15H2,1-3H3. The number of nitrogens with zero attached hydrogens (tertiary/aromatic N) is 2. The number of hydrogen-bond acceptors (Lipinski definition) is 3. The molecule has 0 N–H and O–H groups in total. The van der Waals surface area contributed by atoms with Crippen molar-refractivity contribution in [1.82, 2.24) is 9.80 Å². The van der Waals surface area contributed by atoms with Gasteiger partial charge in [0, 0.05) is 32.3 Å². The fraction of sp³-hybridized carbons (Fsp3) is 0.391. The summed E-state index contributed by atoms with van der Waals surface area (Å²) >= 11 is 0. The molecule has 0 aliphatic carbocycles. The summed E-state index contributed by atoms with van der Waals surface area (Å²) in [6.07, 6.45) is 0. The Morgan fingerprint density at radius 1 is 1.10 bits per heavy atom. The van der Waals surface area contributed by atoms with Gasteiger partial charge >= 0.3 is 0 Å². The van der Waals surface area contributed by atoms with E-state index in [1.807, 2.05) is 32.0 Å². The highest BCUT2D eigenvalue weighted by molar-refractivity contribution is 6.01. The zero-order valence-corrected chi connectivity index (χ0v) is 17.1. The van der Waals surface area contributed by atoms with Gasteiger partial charge in [0.2, 0.25) is 5.91 Å². The molecule has 2 aromatic carbocycles. The first kappa shape index (κ1) is 21.0. The van der Waals surface area contributed by atoms with Gasteiger partial charge in [0.1, 0.15) is 5.82 Å². The van der Waals surface area contributed by atoms with Crippen LogP contribution in [0.5, 0.6) is 0 Å². The van der Waals surface area contributed by atoms with Gasteiger partial charge in [-0.25, -0.2) is 4.39 Å². The highest BCUT2D eigenvalue weighted by atomic mass is 19.1. The number of carbonyl (C=O) groups is 2. The minimum absolute atomic E-state index is 0.0355. The number of amides is 2. The lowest BCUT2D eigenvalue weighted by atomic mass is 9.78. The maximum absolute atomic E-state index is 13.6. The van der Waals surface area contributed by atoms with Gasteiger partial charge in [-0.15, -0.1) is 0 Å². The first-order valence-electron chi connectivity index (χ1n) is 9.96. The Kier molecular flexibility index (Phi) is 6.64. The molecule has 0 spiro atoms. The quantitative estimate of drug-likeness (QED) is 0.716. The lowest BCUT2D eigenvalue weighted by Gasteiger charge is -2.43. The first-order chi connectivity index (χ1) is 14.0. The Morgan fingerprint density at radius 2 is 1.76 bits per heavy atom. The van der Waals surface area contributed by atoms with Crippen molar-refractivity contribution < 1.29 is 18.7 Å². The van der Waals surface area contributed by atoms with Gasteiger partial charge in [0.25, 0.3) is 5.91 Å². The van der Waals surface area contributed by atoms with E-state index in [4.69, 9.17) is 4.74 Å². The van der Waals surface area contributed by atoms with Crippen LogP contribution in [0.1, 0.15) is 47.3 Å². The molecule has 5 nitrogen and oxygen atoms in total. The van der Waals surface area contributed by atoms with E-state index in [0.717, 1.165) is 11.1 Å². The topological polar surface area (TPSA) is 49.9 Å². The van der Waals surface area contributed by atoms with Crippen LogP contribution in [0.25, 0.3) is 0 Å². The van der Waals surface area contributed by atoms with Crippen molar-refractivity contribution in [2.24, 2.45) is 0 Å². The minimum atomic E-state index is -0.564. The maximum atomic E-state index is 13.6. The van der Waals surface area contributed by atoms with Crippen LogP contribution in [0.4, 0.5) is 4.39 Å². The summed E-state index contributed by atoms with van der Waals surface area (Å²) in [6, 6.07) is 12.8. The van der Waals surface area contributed by atoms with Crippen molar-refractivity contribution in [3.63, 3.8) is 0 Å². The number of benzene rings is 2. The van der Waals surface area contributed by atoms with Gasteiger partial charge in [-0.05, 0) is 43.2 Å². The summed E-state index contributed by atoms with van der Waals surface area (Å²) in [6.45, 7) is 5.73. The fourth-order valence-corrected chi connectivity index (χ4v) is 4.06. The number of likely N-dealkylation sites (N-methyl/N-ethyl adjacent to an activating group) is 1. The SMILES string of the molecule is CCN(CC)C(=O)C1c2ccccc2C(=O)N(CCOC)C1c1ccc(F)cc1. The summed E-state index contributed by atoms with van der Waals surface area (Å²) < 4.78 is 18.8. The molecule has 2 atom stereocenters. The van der Waals surface area contributed by atoms with Crippen molar-refractivity contribution >= 4 is 11.8 Å². The molecular weight excluding hydrogens is 371 g/mol. The summed E-state index contributed by atoms with van der Waals surface area (Å²) in [7, 11) is 1.58. The molecule has 6 heteroatoms. The fourth-order valence-electron chi connectivity index (χ4n) is 4.06. The Balaban J connectivity index is 2.19. The van der Waals surface area contributed by atoms with E-state index in [2.05, 4.69) is 0 Å². The monoisotopic (exact) mass is 398 g/mol. The molecule has 0 saturated carbocycles. The molecule has 154 valence electrons. The van der Waals surface area contributed by atoms with Gasteiger partial charge in [-0.2, -0.15) is 0 Å². The average molecular weight is 398 g/mol. The molecule has 29 heavy (non-hydrogen) atoms. The lowest BCUT2D eigenvalue weighted by molar-refractivity contribution is -0.134. The third-order valence-corrected chi connectivity index (χ3v) is 5.53. The van der Waals surface area contributed by atoms with Gasteiger partial charge in [-0.1, -0.05) is 30.3 Å². The highest BCUT2D eigenvalue weighted by Crippen LogP contribution is 2.43. The van der Waals surface area contributed by atoms with Gasteiger partial charge in [0.15, 0.2) is 0 Å². The van der Waals surface area contributed by atoms with Crippen molar-refractivity contribution in [3.05, 3.63) is 71.0 Å². The smallest absolute Gasteiger partial charge is 0.254 e. The second-order valence-corrected chi connectivity index (χ2v) is 7.06. The number of fused-ring (bicyclic) bond motifs is 1. The average Bonchev–Trinajstić information content (AvgIpc) is 2.74. The second-order valence-electron chi connectivity index (χ2n) is 7.06. The molecule has 0 bridgehead atoms. The molecule has 2 amide bonds. The predicted molar refractivity (Wildman–Crippen MR) is 109 cm³/mol. The van der Waals surface area contributed by atoms with Crippen LogP contribution in [0.3, 0.4) is 0 Å². The summed E-state index contributed by atoms with van der Waals surface area (Å²) in [5.74, 6) is -1.10. The molecule has 2 unspecified atom stereocenters. The molecule has 1 aliphatic rings. The summed E-state index contributed by atoms with van der Waals surface area (Å²) in [5.41, 5.74) is 1.99. The van der Waals surface area contributed by atoms with E-state index in [9.17, 15) is 14.0 Å². The minimum Gasteiger partial charge on any atom is -0.383 e. The number of carbonyl (C=O) groups excluding carboxylic acids is 2. The van der Waals surface area contributed by atoms with Crippen molar-refractivity contribution in [2.45, 2.75) is 25.8 Å². The molecule has 2 aromatic rings. The molecule has 1 aliphatic heterocycles. The molecular formula is C23H27FN2O3. The number of methoxy groups -OCH3 is 1. The van der Waals surface area contributed by atoms with E-state index in [-0.39, 0.29) is 17.6 Å². The third kappa shape index (κ3) is 4.03. The van der Waals surface area contributed by atoms with E-state index >= 15 is 0 Å². The Bertz CT molecular complexity index is 865. The van der Waals surface area contributed by atoms with Crippen LogP contribution < -0.4 is 0 Å². The summed E-state index contributed by atoms with van der Waals surface area (Å²) in [4.78, 5) is 30.4. The van der Waals surface area contributed by atoms with Gasteiger partial charge in [-0.3, -0.25) is 9.59 Å². The van der Waals surface area contributed by atoms with Gasteiger partial charge < -0.3 is 14.5 Å². The van der Waals surface area contributed by atoms with Crippen molar-refractivity contribution in [2.75, 3.05) is 33.4 Å². The second kappa shape index (κ2) is 9.18. The lowest BCUT2D eigenvalue weighted by Crippen LogP contribution is -2.49. The molecule has 0 saturated heterocycles. The largest absolute Gasteiger partial charge is 0.383 e. The van der Waals surface area contributed by atoms with Crippen molar-refractivity contribution in [3.8, 4) is 0 Å². The zero-order valence-electron chi connectivity index (χ0n) is 17.1. The van der Waals surface area contributed by atoms with E-state index < -0.39 is 12.0 Å². The van der Waals surface area contributed by atoms with Crippen LogP contribution in [-0.2, 0) is 9.53 Å². The number of rotatable bonds is 7. The van der Waals surface area contributed by atoms with Crippen LogP contribution in [0.15, 0.2) is 48.5 Å². The molecule has 0 radical (unpaired) electrons. The van der Waals surface area contributed by atoms with Crippen LogP contribution in [-0.4, -0.2) is 55.0 Å². The Hall–Kier alpha value is -2.73. The number of ether oxygens (including phenoxy) is 1. The van der Waals surface area contributed by atoms with Crippen LogP contribution in [0, 0.1) is 5.82 Å². The van der Waals surface area contributed by atoms with E-state index in [1.54, 1.807) is 35.1 Å². The normalized spacial score (nSPS) is 18.5. The third-order valence-electron chi connectivity index (χ3n) is 5.53. The number of hydrogen-bond donors (Lipinski definition) is 0. The Labute approximate surface area is 171 Å². The van der Waals surface area contributed by atoms with E-state index in [0.29, 0.717) is 31.8 Å². The molecule has 3 rings (SSSR count). The van der Waals surface area contributed by atoms with E-state index in [1.165, 1.54) is 12.1 Å². The number of halogens is 1. The van der Waals surface area contributed by atoms with Gasteiger partial charge in [0.05, 0.1) is 18.6 Å². The molecule has 0 aromatic heterocycles. The molecule has 0 fully saturated rings. The van der Waals surface area contributed by atoms with Crippen LogP contribution >= 0.6 is 0 Å². The van der Waals surface area contributed by atoms with Crippen molar-refractivity contribution in [1.29, 1.82) is 0 Å². The maximum Gasteiger partial charge on any atom is 0.254 e. The first-order valence-corrected chi connectivity index (χ1v) is 9.96. The summed E-state index contributed by atoms with van der Waals surface area (Å²) in [5, 5.41) is 0. The predicted octanol–water partition coefficient (Wildman–Crippen LogP) is 3.62. The molecule has 1 heterocycles. The highest BCUT2D eigenvalue weighted by Gasteiger charge is 2.44. The zero-order chi connectivity index (χ0) is 21.0. The van der Waals surface area contributed by atoms with Crippen LogP contribution in [0.2, 0.25) is 0 Å².